The SMILES string of the molecule is CC[C@H](C)[C@H]1C(=O)N(Cc2cccc3ccccc23)C[C@@H]2N(C(=O)CCc3ccccc3)CCC(=O)N12. The molecular formula is C31H35N3O3. The van der Waals surface area contributed by atoms with Gasteiger partial charge in [-0.15, -0.1) is 0 Å². The van der Waals surface area contributed by atoms with Gasteiger partial charge >= 0.3 is 0 Å². The van der Waals surface area contributed by atoms with Crippen molar-refractivity contribution in [3.63, 3.8) is 0 Å². The molecule has 6 nitrogen and oxygen atoms in total. The van der Waals surface area contributed by atoms with Crippen molar-refractivity contribution in [2.45, 2.75) is 58.3 Å². The number of rotatable bonds is 7. The summed E-state index contributed by atoms with van der Waals surface area (Å²) in [6.07, 6.45) is 1.64. The second kappa shape index (κ2) is 10.8. The van der Waals surface area contributed by atoms with Crippen LogP contribution in [-0.2, 0) is 27.3 Å². The van der Waals surface area contributed by atoms with Crippen LogP contribution in [0.3, 0.4) is 0 Å². The van der Waals surface area contributed by atoms with Gasteiger partial charge < -0.3 is 14.7 Å². The Bertz CT molecular complexity index is 1290. The van der Waals surface area contributed by atoms with Crippen molar-refractivity contribution in [3.8, 4) is 0 Å². The molecule has 3 atom stereocenters. The van der Waals surface area contributed by atoms with Crippen LogP contribution in [-0.4, -0.2) is 57.7 Å². The highest BCUT2D eigenvalue weighted by atomic mass is 16.2. The number of piperazine rings is 1. The molecule has 6 heteroatoms. The predicted molar refractivity (Wildman–Crippen MR) is 144 cm³/mol. The third-order valence-electron chi connectivity index (χ3n) is 8.00. The van der Waals surface area contributed by atoms with Crippen molar-refractivity contribution < 1.29 is 14.4 Å². The molecule has 0 aliphatic carbocycles. The van der Waals surface area contributed by atoms with Crippen LogP contribution in [0.5, 0.6) is 0 Å². The molecule has 3 aromatic carbocycles. The summed E-state index contributed by atoms with van der Waals surface area (Å²) in [5.41, 5.74) is 2.20. The third-order valence-corrected chi connectivity index (χ3v) is 8.00. The lowest BCUT2D eigenvalue weighted by Crippen LogP contribution is -2.72. The fourth-order valence-electron chi connectivity index (χ4n) is 5.78. The Labute approximate surface area is 218 Å². The standard InChI is InChI=1S/C31H35N3O3/c1-3-22(2)30-31(37)32(20-25-14-9-13-24-12-7-8-15-26(24)25)21-27-33(19-18-29(36)34(27)30)28(35)17-16-23-10-5-4-6-11-23/h4-15,22,27,30H,3,16-21H2,1-2H3/t22-,27+,30-/m0/s1. The summed E-state index contributed by atoms with van der Waals surface area (Å²) in [5.74, 6) is -0.0200. The average molecular weight is 498 g/mol. The van der Waals surface area contributed by atoms with Crippen LogP contribution in [0.4, 0.5) is 0 Å². The van der Waals surface area contributed by atoms with Crippen molar-refractivity contribution in [1.82, 2.24) is 14.7 Å². The van der Waals surface area contributed by atoms with E-state index in [1.807, 2.05) is 72.2 Å². The van der Waals surface area contributed by atoms with E-state index in [9.17, 15) is 14.4 Å². The van der Waals surface area contributed by atoms with Crippen molar-refractivity contribution in [1.29, 1.82) is 0 Å². The van der Waals surface area contributed by atoms with E-state index in [0.29, 0.717) is 32.5 Å². The molecule has 2 aliphatic heterocycles. The molecule has 2 aliphatic rings. The Morgan fingerprint density at radius 1 is 0.973 bits per heavy atom. The molecule has 0 radical (unpaired) electrons. The minimum Gasteiger partial charge on any atom is -0.333 e. The molecule has 2 saturated heterocycles. The highest BCUT2D eigenvalue weighted by Gasteiger charge is 2.49. The number of fused-ring (bicyclic) bond motifs is 2. The number of carbonyl (C=O) groups excluding carboxylic acids is 3. The van der Waals surface area contributed by atoms with E-state index in [2.05, 4.69) is 24.3 Å². The molecular weight excluding hydrogens is 462 g/mol. The number of carbonyl (C=O) groups is 3. The van der Waals surface area contributed by atoms with Gasteiger partial charge in [0.25, 0.3) is 0 Å². The van der Waals surface area contributed by atoms with Gasteiger partial charge in [0.1, 0.15) is 12.2 Å². The molecule has 0 N–H and O–H groups in total. The van der Waals surface area contributed by atoms with Gasteiger partial charge in [-0.25, -0.2) is 0 Å². The lowest BCUT2D eigenvalue weighted by molar-refractivity contribution is -0.177. The number of nitrogens with zero attached hydrogens (tertiary/aromatic N) is 3. The highest BCUT2D eigenvalue weighted by molar-refractivity contribution is 5.92. The summed E-state index contributed by atoms with van der Waals surface area (Å²) >= 11 is 0. The normalized spacial score (nSPS) is 20.8. The molecule has 2 fully saturated rings. The molecule has 0 spiro atoms. The monoisotopic (exact) mass is 497 g/mol. The van der Waals surface area contributed by atoms with Gasteiger partial charge in [-0.3, -0.25) is 14.4 Å². The zero-order chi connectivity index (χ0) is 25.9. The lowest BCUT2D eigenvalue weighted by atomic mass is 9.91. The van der Waals surface area contributed by atoms with Crippen molar-refractivity contribution in [2.75, 3.05) is 13.1 Å². The molecule has 0 aromatic heterocycles. The molecule has 0 bridgehead atoms. The number of hydrogen-bond acceptors (Lipinski definition) is 3. The van der Waals surface area contributed by atoms with Crippen molar-refractivity contribution in [2.24, 2.45) is 5.92 Å². The van der Waals surface area contributed by atoms with E-state index in [1.54, 1.807) is 4.90 Å². The van der Waals surface area contributed by atoms with Gasteiger partial charge in [0, 0.05) is 25.9 Å². The van der Waals surface area contributed by atoms with Gasteiger partial charge in [-0.05, 0) is 34.2 Å². The Balaban J connectivity index is 1.44. The Morgan fingerprint density at radius 2 is 1.70 bits per heavy atom. The first-order valence-electron chi connectivity index (χ1n) is 13.4. The molecule has 2 heterocycles. The first kappa shape index (κ1) is 25.0. The third kappa shape index (κ3) is 4.97. The molecule has 192 valence electrons. The zero-order valence-electron chi connectivity index (χ0n) is 21.7. The fourth-order valence-corrected chi connectivity index (χ4v) is 5.78. The van der Waals surface area contributed by atoms with Crippen LogP contribution in [0.25, 0.3) is 10.8 Å². The number of amides is 3. The van der Waals surface area contributed by atoms with Gasteiger partial charge in [-0.2, -0.15) is 0 Å². The van der Waals surface area contributed by atoms with Crippen LogP contribution < -0.4 is 0 Å². The summed E-state index contributed by atoms with van der Waals surface area (Å²) in [4.78, 5) is 46.0. The van der Waals surface area contributed by atoms with Crippen molar-refractivity contribution in [3.05, 3.63) is 83.9 Å². The maximum Gasteiger partial charge on any atom is 0.246 e. The van der Waals surface area contributed by atoms with E-state index < -0.39 is 12.2 Å². The van der Waals surface area contributed by atoms with Gasteiger partial charge in [0.15, 0.2) is 0 Å². The van der Waals surface area contributed by atoms with E-state index in [-0.39, 0.29) is 30.1 Å². The number of aryl methyl sites for hydroxylation is 1. The zero-order valence-corrected chi connectivity index (χ0v) is 21.7. The van der Waals surface area contributed by atoms with Crippen LogP contribution in [0.1, 0.15) is 44.2 Å². The molecule has 37 heavy (non-hydrogen) atoms. The average Bonchev–Trinajstić information content (AvgIpc) is 2.93. The van der Waals surface area contributed by atoms with Gasteiger partial charge in [0.2, 0.25) is 17.7 Å². The van der Waals surface area contributed by atoms with Crippen LogP contribution in [0.2, 0.25) is 0 Å². The molecule has 0 saturated carbocycles. The van der Waals surface area contributed by atoms with E-state index in [4.69, 9.17) is 0 Å². The maximum absolute atomic E-state index is 13.9. The Morgan fingerprint density at radius 3 is 2.49 bits per heavy atom. The summed E-state index contributed by atoms with van der Waals surface area (Å²) in [5, 5.41) is 2.26. The minimum absolute atomic E-state index is 0.00589. The summed E-state index contributed by atoms with van der Waals surface area (Å²) in [6.45, 7) is 5.27. The first-order valence-corrected chi connectivity index (χ1v) is 13.4. The first-order chi connectivity index (χ1) is 18.0. The van der Waals surface area contributed by atoms with E-state index in [0.717, 1.165) is 28.3 Å². The summed E-state index contributed by atoms with van der Waals surface area (Å²) in [6, 6.07) is 23.8. The number of benzene rings is 3. The van der Waals surface area contributed by atoms with Crippen LogP contribution in [0, 0.1) is 5.92 Å². The predicted octanol–water partition coefficient (Wildman–Crippen LogP) is 4.62. The Hall–Kier alpha value is -3.67. The quantitative estimate of drug-likeness (QED) is 0.479. The molecule has 3 amide bonds. The van der Waals surface area contributed by atoms with E-state index in [1.165, 1.54) is 0 Å². The number of hydrogen-bond donors (Lipinski definition) is 0. The van der Waals surface area contributed by atoms with Crippen molar-refractivity contribution >= 4 is 28.5 Å². The maximum atomic E-state index is 13.9. The Kier molecular flexibility index (Phi) is 7.26. The topological polar surface area (TPSA) is 60.9 Å². The fraction of sp³-hybridized carbons (Fsp3) is 0.387. The minimum atomic E-state index is -0.559. The van der Waals surface area contributed by atoms with Gasteiger partial charge in [0.05, 0.1) is 6.54 Å². The molecule has 0 unspecified atom stereocenters. The second-order valence-corrected chi connectivity index (χ2v) is 10.3. The summed E-state index contributed by atoms with van der Waals surface area (Å²) < 4.78 is 0. The lowest BCUT2D eigenvalue weighted by Gasteiger charge is -2.53. The molecule has 3 aromatic rings. The van der Waals surface area contributed by atoms with Crippen LogP contribution in [0.15, 0.2) is 72.8 Å². The molecule has 5 rings (SSSR count). The summed E-state index contributed by atoms with van der Waals surface area (Å²) in [7, 11) is 0. The van der Waals surface area contributed by atoms with Crippen LogP contribution >= 0.6 is 0 Å². The largest absolute Gasteiger partial charge is 0.333 e. The van der Waals surface area contributed by atoms with E-state index >= 15 is 0 Å². The van der Waals surface area contributed by atoms with Gasteiger partial charge in [-0.1, -0.05) is 93.1 Å². The second-order valence-electron chi connectivity index (χ2n) is 10.3. The highest BCUT2D eigenvalue weighted by Crippen LogP contribution is 2.32. The smallest absolute Gasteiger partial charge is 0.246 e.